The Morgan fingerprint density at radius 1 is 0.967 bits per heavy atom. The van der Waals surface area contributed by atoms with Crippen molar-refractivity contribution in [2.24, 2.45) is 0 Å². The van der Waals surface area contributed by atoms with Crippen LogP contribution in [-0.2, 0) is 6.54 Å². The number of rotatable bonds is 8. The molecule has 0 radical (unpaired) electrons. The van der Waals surface area contributed by atoms with Crippen LogP contribution in [0.25, 0.3) is 6.08 Å². The Labute approximate surface area is 198 Å². The van der Waals surface area contributed by atoms with Crippen LogP contribution >= 0.6 is 44.1 Å². The molecule has 2 aromatic rings. The van der Waals surface area contributed by atoms with E-state index in [1.54, 1.807) is 40.6 Å². The number of halogens is 2. The largest absolute Gasteiger partial charge is 0.493 e. The molecular formula is C21H20Br2N2O4S. The molecule has 30 heavy (non-hydrogen) atoms. The van der Waals surface area contributed by atoms with Crippen LogP contribution in [0.15, 0.2) is 38.8 Å². The maximum atomic E-state index is 9.59. The lowest BCUT2D eigenvalue weighted by Gasteiger charge is -2.13. The monoisotopic (exact) mass is 554 g/mol. The average molecular weight is 556 g/mol. The Morgan fingerprint density at radius 2 is 1.53 bits per heavy atom. The fourth-order valence-corrected chi connectivity index (χ4v) is 4.14. The van der Waals surface area contributed by atoms with Crippen molar-refractivity contribution >= 4 is 55.1 Å². The number of benzene rings is 2. The lowest BCUT2D eigenvalue weighted by molar-refractivity contribution is 0.352. The molecule has 2 rings (SSSR count). The van der Waals surface area contributed by atoms with E-state index < -0.39 is 0 Å². The normalized spacial score (nSPS) is 10.8. The number of nitrogens with one attached hydrogen (secondary N) is 1. The number of hydrogen-bond donors (Lipinski definition) is 1. The molecule has 0 spiro atoms. The summed E-state index contributed by atoms with van der Waals surface area (Å²) in [6, 6.07) is 9.49. The van der Waals surface area contributed by atoms with E-state index in [0.717, 1.165) is 15.6 Å². The van der Waals surface area contributed by atoms with E-state index in [4.69, 9.17) is 31.2 Å². The first-order valence-corrected chi connectivity index (χ1v) is 10.6. The van der Waals surface area contributed by atoms with Crippen LogP contribution in [0.1, 0.15) is 11.1 Å². The Morgan fingerprint density at radius 3 is 2.07 bits per heavy atom. The van der Waals surface area contributed by atoms with E-state index >= 15 is 0 Å². The summed E-state index contributed by atoms with van der Waals surface area (Å²) in [4.78, 5) is 0.328. The van der Waals surface area contributed by atoms with Gasteiger partial charge in [0, 0.05) is 6.54 Å². The molecule has 2 aromatic carbocycles. The van der Waals surface area contributed by atoms with Crippen LogP contribution in [0.4, 0.5) is 0 Å². The minimum Gasteiger partial charge on any atom is -0.493 e. The molecule has 0 bridgehead atoms. The summed E-state index contributed by atoms with van der Waals surface area (Å²) in [7, 11) is 6.26. The number of thiocarbonyl (C=S) groups is 1. The number of nitrogens with zero attached hydrogens (tertiary/aromatic N) is 1. The molecule has 0 saturated heterocycles. The van der Waals surface area contributed by atoms with E-state index in [2.05, 4.69) is 43.2 Å². The summed E-state index contributed by atoms with van der Waals surface area (Å²) in [5, 5.41) is 12.7. The summed E-state index contributed by atoms with van der Waals surface area (Å²) in [6.07, 6.45) is 1.69. The van der Waals surface area contributed by atoms with Crippen molar-refractivity contribution in [3.05, 3.63) is 49.9 Å². The smallest absolute Gasteiger partial charge is 0.174 e. The van der Waals surface area contributed by atoms with Gasteiger partial charge in [0.25, 0.3) is 0 Å². The molecule has 0 aliphatic heterocycles. The van der Waals surface area contributed by atoms with Gasteiger partial charge in [-0.2, -0.15) is 5.26 Å². The summed E-state index contributed by atoms with van der Waals surface area (Å²) in [5.74, 6) is 2.33. The highest BCUT2D eigenvalue weighted by molar-refractivity contribution is 9.11. The Kier molecular flexibility index (Phi) is 8.96. The maximum absolute atomic E-state index is 9.59. The molecule has 0 fully saturated rings. The first-order valence-electron chi connectivity index (χ1n) is 8.60. The standard InChI is InChI=1S/C21H20Br2N2O4S/c1-26-17-8-12(6-15(22)19(17)28-3)5-14(10-24)21(30)25-11-13-7-16(23)20(29-4)18(9-13)27-2/h5-9H,11H2,1-4H3,(H,25,30)/b14-5+. The van der Waals surface area contributed by atoms with Gasteiger partial charge in [-0.1, -0.05) is 12.2 Å². The second-order valence-corrected chi connectivity index (χ2v) is 8.02. The fraction of sp³-hybridized carbons (Fsp3) is 0.238. The molecular weight excluding hydrogens is 536 g/mol. The van der Waals surface area contributed by atoms with Crippen molar-refractivity contribution in [2.45, 2.75) is 6.54 Å². The third kappa shape index (κ3) is 5.65. The quantitative estimate of drug-likeness (QED) is 0.270. The summed E-state index contributed by atoms with van der Waals surface area (Å²) < 4.78 is 22.8. The molecule has 0 aliphatic rings. The molecule has 158 valence electrons. The van der Waals surface area contributed by atoms with E-state index in [9.17, 15) is 5.26 Å². The van der Waals surface area contributed by atoms with Crippen molar-refractivity contribution < 1.29 is 18.9 Å². The average Bonchev–Trinajstić information content (AvgIpc) is 2.74. The molecule has 0 saturated carbocycles. The highest BCUT2D eigenvalue weighted by Crippen LogP contribution is 2.37. The van der Waals surface area contributed by atoms with Crippen LogP contribution in [0.3, 0.4) is 0 Å². The summed E-state index contributed by atoms with van der Waals surface area (Å²) in [6.45, 7) is 0.409. The number of nitriles is 1. The van der Waals surface area contributed by atoms with Gasteiger partial charge in [0.2, 0.25) is 0 Å². The predicted octanol–water partition coefficient (Wildman–Crippen LogP) is 5.27. The molecule has 0 unspecified atom stereocenters. The summed E-state index contributed by atoms with van der Waals surface area (Å²) >= 11 is 12.3. The van der Waals surface area contributed by atoms with Gasteiger partial charge in [-0.05, 0) is 73.3 Å². The van der Waals surface area contributed by atoms with Crippen LogP contribution < -0.4 is 24.3 Å². The molecule has 9 heteroatoms. The zero-order chi connectivity index (χ0) is 22.3. The zero-order valence-corrected chi connectivity index (χ0v) is 20.8. The molecule has 0 aromatic heterocycles. The minimum atomic E-state index is 0.323. The Bertz CT molecular complexity index is 1020. The van der Waals surface area contributed by atoms with E-state index in [1.165, 1.54) is 0 Å². The Hall–Kier alpha value is -2.28. The number of methoxy groups -OCH3 is 4. The van der Waals surface area contributed by atoms with Gasteiger partial charge in [0.15, 0.2) is 23.0 Å². The second-order valence-electron chi connectivity index (χ2n) is 5.90. The topological polar surface area (TPSA) is 72.7 Å². The molecule has 6 nitrogen and oxygen atoms in total. The minimum absolute atomic E-state index is 0.323. The van der Waals surface area contributed by atoms with E-state index in [1.807, 2.05) is 18.2 Å². The van der Waals surface area contributed by atoms with Gasteiger partial charge in [-0.25, -0.2) is 0 Å². The van der Waals surface area contributed by atoms with Gasteiger partial charge in [0.1, 0.15) is 11.1 Å². The van der Waals surface area contributed by atoms with Crippen molar-refractivity contribution in [3.63, 3.8) is 0 Å². The molecule has 0 aliphatic carbocycles. The highest BCUT2D eigenvalue weighted by Gasteiger charge is 2.13. The van der Waals surface area contributed by atoms with Crippen LogP contribution in [0.5, 0.6) is 23.0 Å². The highest BCUT2D eigenvalue weighted by atomic mass is 79.9. The van der Waals surface area contributed by atoms with Gasteiger partial charge in [0.05, 0.1) is 43.0 Å². The lowest BCUT2D eigenvalue weighted by Crippen LogP contribution is -2.22. The maximum Gasteiger partial charge on any atom is 0.174 e. The second kappa shape index (κ2) is 11.2. The fourth-order valence-electron chi connectivity index (χ4n) is 2.69. The molecule has 0 amide bonds. The summed E-state index contributed by atoms with van der Waals surface area (Å²) in [5.41, 5.74) is 1.98. The van der Waals surface area contributed by atoms with Crippen molar-refractivity contribution in [2.75, 3.05) is 28.4 Å². The molecule has 0 heterocycles. The third-order valence-electron chi connectivity index (χ3n) is 4.08. The van der Waals surface area contributed by atoms with Crippen LogP contribution in [-0.4, -0.2) is 33.4 Å². The number of ether oxygens (including phenoxy) is 4. The van der Waals surface area contributed by atoms with E-state index in [0.29, 0.717) is 44.6 Å². The van der Waals surface area contributed by atoms with E-state index in [-0.39, 0.29) is 0 Å². The van der Waals surface area contributed by atoms with Crippen molar-refractivity contribution in [1.29, 1.82) is 5.26 Å². The van der Waals surface area contributed by atoms with Crippen LogP contribution in [0, 0.1) is 11.3 Å². The third-order valence-corrected chi connectivity index (χ3v) is 5.62. The van der Waals surface area contributed by atoms with Gasteiger partial charge >= 0.3 is 0 Å². The first kappa shape index (κ1) is 24.0. The van der Waals surface area contributed by atoms with Crippen LogP contribution in [0.2, 0.25) is 0 Å². The van der Waals surface area contributed by atoms with Crippen molar-refractivity contribution in [3.8, 4) is 29.1 Å². The number of hydrogen-bond acceptors (Lipinski definition) is 6. The molecule has 0 atom stereocenters. The Balaban J connectivity index is 2.23. The van der Waals surface area contributed by atoms with Gasteiger partial charge < -0.3 is 24.3 Å². The zero-order valence-electron chi connectivity index (χ0n) is 16.8. The van der Waals surface area contributed by atoms with Crippen molar-refractivity contribution in [1.82, 2.24) is 5.32 Å². The predicted molar refractivity (Wildman–Crippen MR) is 128 cm³/mol. The SMILES string of the molecule is COc1cc(/C=C(\C#N)C(=S)NCc2cc(Br)c(OC)c(OC)c2)cc(Br)c1OC. The lowest BCUT2D eigenvalue weighted by atomic mass is 10.1. The first-order chi connectivity index (χ1) is 14.4. The molecule has 1 N–H and O–H groups in total. The van der Waals surface area contributed by atoms with Gasteiger partial charge in [-0.15, -0.1) is 0 Å². The van der Waals surface area contributed by atoms with Gasteiger partial charge in [-0.3, -0.25) is 0 Å².